The predicted molar refractivity (Wildman–Crippen MR) is 78.4 cm³/mol. The molecule has 2 heterocycles. The molecule has 0 saturated carbocycles. The van der Waals surface area contributed by atoms with Crippen LogP contribution < -0.4 is 5.73 Å². The van der Waals surface area contributed by atoms with E-state index in [1.807, 2.05) is 24.8 Å². The summed E-state index contributed by atoms with van der Waals surface area (Å²) in [5.74, 6) is 1.06. The number of piperidine rings is 1. The highest BCUT2D eigenvalue weighted by molar-refractivity contribution is 5.95. The van der Waals surface area contributed by atoms with Crippen molar-refractivity contribution in [3.63, 3.8) is 0 Å². The maximum Gasteiger partial charge on any atom is 0.255 e. The first-order valence-corrected chi connectivity index (χ1v) is 7.39. The van der Waals surface area contributed by atoms with Crippen LogP contribution in [0.4, 0.5) is 0 Å². The lowest BCUT2D eigenvalue weighted by atomic mass is 9.87. The molecule has 110 valence electrons. The molecule has 1 aromatic heterocycles. The van der Waals surface area contributed by atoms with Gasteiger partial charge < -0.3 is 10.6 Å². The predicted octanol–water partition coefficient (Wildman–Crippen LogP) is 1.40. The van der Waals surface area contributed by atoms with E-state index in [1.54, 1.807) is 0 Å². The molecule has 0 spiro atoms. The van der Waals surface area contributed by atoms with Crippen LogP contribution in [0.1, 0.15) is 42.0 Å². The highest BCUT2D eigenvalue weighted by Crippen LogP contribution is 2.24. The Bertz CT molecular complexity index is 489. The fourth-order valence-corrected chi connectivity index (χ4v) is 2.77. The second-order valence-electron chi connectivity index (χ2n) is 5.71. The van der Waals surface area contributed by atoms with Gasteiger partial charge in [-0.05, 0) is 44.2 Å². The van der Waals surface area contributed by atoms with E-state index in [1.165, 1.54) is 0 Å². The van der Waals surface area contributed by atoms with E-state index in [4.69, 9.17) is 5.73 Å². The average Bonchev–Trinajstić information content (AvgIpc) is 2.47. The van der Waals surface area contributed by atoms with Crippen LogP contribution in [-0.2, 0) is 6.42 Å². The van der Waals surface area contributed by atoms with Crippen LogP contribution in [0.5, 0.6) is 0 Å². The standard InChI is InChI=1S/C15H24N4O/c1-4-14-13(7-11(3)17-18-14)15(20)19-6-5-10(2)12(8-16)9-19/h7,10,12H,4-6,8-9,16H2,1-3H3. The first-order valence-electron chi connectivity index (χ1n) is 7.39. The van der Waals surface area contributed by atoms with Gasteiger partial charge >= 0.3 is 0 Å². The fraction of sp³-hybridized carbons (Fsp3) is 0.667. The summed E-state index contributed by atoms with van der Waals surface area (Å²) in [6, 6.07) is 1.85. The van der Waals surface area contributed by atoms with Crippen molar-refractivity contribution in [1.29, 1.82) is 0 Å². The molecule has 20 heavy (non-hydrogen) atoms. The summed E-state index contributed by atoms with van der Waals surface area (Å²) in [6.07, 6.45) is 1.74. The largest absolute Gasteiger partial charge is 0.338 e. The van der Waals surface area contributed by atoms with Crippen LogP contribution in [0.2, 0.25) is 0 Å². The van der Waals surface area contributed by atoms with Crippen molar-refractivity contribution < 1.29 is 4.79 Å². The van der Waals surface area contributed by atoms with Crippen LogP contribution in [0, 0.1) is 18.8 Å². The minimum absolute atomic E-state index is 0.0743. The molecule has 2 N–H and O–H groups in total. The Morgan fingerprint density at radius 2 is 2.25 bits per heavy atom. The summed E-state index contributed by atoms with van der Waals surface area (Å²) in [4.78, 5) is 14.6. The summed E-state index contributed by atoms with van der Waals surface area (Å²) >= 11 is 0. The smallest absolute Gasteiger partial charge is 0.255 e. The maximum absolute atomic E-state index is 12.7. The van der Waals surface area contributed by atoms with E-state index in [0.29, 0.717) is 23.9 Å². The van der Waals surface area contributed by atoms with Gasteiger partial charge in [0.2, 0.25) is 0 Å². The Balaban J connectivity index is 2.21. The number of aromatic nitrogens is 2. The van der Waals surface area contributed by atoms with Gasteiger partial charge in [-0.2, -0.15) is 10.2 Å². The van der Waals surface area contributed by atoms with E-state index in [2.05, 4.69) is 17.1 Å². The van der Waals surface area contributed by atoms with Crippen LogP contribution in [0.25, 0.3) is 0 Å². The lowest BCUT2D eigenvalue weighted by Gasteiger charge is -2.36. The van der Waals surface area contributed by atoms with Crippen LogP contribution in [0.15, 0.2) is 6.07 Å². The summed E-state index contributed by atoms with van der Waals surface area (Å²) in [7, 11) is 0. The quantitative estimate of drug-likeness (QED) is 0.906. The molecule has 5 heteroatoms. The van der Waals surface area contributed by atoms with Gasteiger partial charge in [-0.15, -0.1) is 0 Å². The van der Waals surface area contributed by atoms with Crippen LogP contribution in [-0.4, -0.2) is 40.6 Å². The Morgan fingerprint density at radius 1 is 1.50 bits per heavy atom. The zero-order valence-corrected chi connectivity index (χ0v) is 12.6. The maximum atomic E-state index is 12.7. The SMILES string of the molecule is CCc1nnc(C)cc1C(=O)N1CCC(C)C(CN)C1. The number of hydrogen-bond donors (Lipinski definition) is 1. The number of likely N-dealkylation sites (tertiary alicyclic amines) is 1. The highest BCUT2D eigenvalue weighted by atomic mass is 16.2. The minimum atomic E-state index is 0.0743. The van der Waals surface area contributed by atoms with Crippen molar-refractivity contribution in [1.82, 2.24) is 15.1 Å². The minimum Gasteiger partial charge on any atom is -0.338 e. The second kappa shape index (κ2) is 6.31. The van der Waals surface area contributed by atoms with E-state index >= 15 is 0 Å². The third kappa shape index (κ3) is 2.98. The number of amides is 1. The van der Waals surface area contributed by atoms with Crippen molar-refractivity contribution in [2.24, 2.45) is 17.6 Å². The normalized spacial score (nSPS) is 22.9. The third-order valence-corrected chi connectivity index (χ3v) is 4.26. The molecule has 1 saturated heterocycles. The van der Waals surface area contributed by atoms with Gasteiger partial charge in [-0.3, -0.25) is 4.79 Å². The molecule has 2 atom stereocenters. The molecule has 0 radical (unpaired) electrons. The summed E-state index contributed by atoms with van der Waals surface area (Å²) < 4.78 is 0. The molecule has 0 aromatic carbocycles. The van der Waals surface area contributed by atoms with Crippen molar-refractivity contribution in [2.45, 2.75) is 33.6 Å². The van der Waals surface area contributed by atoms with Gasteiger partial charge in [-0.25, -0.2) is 0 Å². The number of nitrogens with zero attached hydrogens (tertiary/aromatic N) is 3. The van der Waals surface area contributed by atoms with Crippen molar-refractivity contribution >= 4 is 5.91 Å². The molecule has 1 aromatic rings. The molecule has 5 nitrogen and oxygen atoms in total. The molecule has 1 fully saturated rings. The number of carbonyl (C=O) groups excluding carboxylic acids is 1. The van der Waals surface area contributed by atoms with Gasteiger partial charge in [0.25, 0.3) is 5.91 Å². The topological polar surface area (TPSA) is 72.1 Å². The van der Waals surface area contributed by atoms with Gasteiger partial charge in [0.15, 0.2) is 0 Å². The molecule has 2 unspecified atom stereocenters. The summed E-state index contributed by atoms with van der Waals surface area (Å²) in [6.45, 7) is 8.28. The molecule has 2 rings (SSSR count). The van der Waals surface area contributed by atoms with E-state index < -0.39 is 0 Å². The van der Waals surface area contributed by atoms with Gasteiger partial charge in [-0.1, -0.05) is 13.8 Å². The van der Waals surface area contributed by atoms with Crippen LogP contribution >= 0.6 is 0 Å². The Morgan fingerprint density at radius 3 is 2.90 bits per heavy atom. The molecular formula is C15H24N4O. The van der Waals surface area contributed by atoms with Crippen molar-refractivity contribution in [3.05, 3.63) is 23.0 Å². The lowest BCUT2D eigenvalue weighted by molar-refractivity contribution is 0.0616. The van der Waals surface area contributed by atoms with E-state index in [9.17, 15) is 4.79 Å². The van der Waals surface area contributed by atoms with Crippen molar-refractivity contribution in [2.75, 3.05) is 19.6 Å². The molecule has 0 bridgehead atoms. The molecule has 1 aliphatic heterocycles. The fourth-order valence-electron chi connectivity index (χ4n) is 2.77. The first kappa shape index (κ1) is 14.9. The highest BCUT2D eigenvalue weighted by Gasteiger charge is 2.29. The van der Waals surface area contributed by atoms with Crippen LogP contribution in [0.3, 0.4) is 0 Å². The molecular weight excluding hydrogens is 252 g/mol. The number of hydrogen-bond acceptors (Lipinski definition) is 4. The zero-order valence-electron chi connectivity index (χ0n) is 12.6. The molecule has 1 amide bonds. The molecule has 0 aliphatic carbocycles. The van der Waals surface area contributed by atoms with E-state index in [-0.39, 0.29) is 5.91 Å². The number of aryl methyl sites for hydroxylation is 2. The van der Waals surface area contributed by atoms with Gasteiger partial charge in [0.1, 0.15) is 0 Å². The summed E-state index contributed by atoms with van der Waals surface area (Å²) in [5, 5.41) is 8.19. The number of nitrogens with two attached hydrogens (primary N) is 1. The average molecular weight is 276 g/mol. The number of carbonyl (C=O) groups is 1. The third-order valence-electron chi connectivity index (χ3n) is 4.26. The lowest BCUT2D eigenvalue weighted by Crippen LogP contribution is -2.45. The monoisotopic (exact) mass is 276 g/mol. The van der Waals surface area contributed by atoms with Gasteiger partial charge in [0.05, 0.1) is 17.0 Å². The van der Waals surface area contributed by atoms with E-state index in [0.717, 1.165) is 37.3 Å². The first-order chi connectivity index (χ1) is 9.56. The van der Waals surface area contributed by atoms with Gasteiger partial charge in [0, 0.05) is 13.1 Å². The summed E-state index contributed by atoms with van der Waals surface area (Å²) in [5.41, 5.74) is 8.08. The Hall–Kier alpha value is -1.49. The Labute approximate surface area is 120 Å². The molecule has 1 aliphatic rings. The Kier molecular flexibility index (Phi) is 4.70. The number of rotatable bonds is 3. The zero-order chi connectivity index (χ0) is 14.7. The second-order valence-corrected chi connectivity index (χ2v) is 5.71. The van der Waals surface area contributed by atoms with Crippen molar-refractivity contribution in [3.8, 4) is 0 Å².